The Hall–Kier alpha value is -1.91. The predicted molar refractivity (Wildman–Crippen MR) is 88.1 cm³/mol. The normalized spacial score (nSPS) is 24.0. The van der Waals surface area contributed by atoms with Crippen LogP contribution < -0.4 is 10.6 Å². The fourth-order valence-electron chi connectivity index (χ4n) is 3.50. The van der Waals surface area contributed by atoms with Crippen molar-refractivity contribution >= 4 is 17.5 Å². The second kappa shape index (κ2) is 5.07. The number of anilines is 2. The van der Waals surface area contributed by atoms with E-state index in [0.717, 1.165) is 12.1 Å². The number of nitrogen functional groups attached to an aromatic ring is 1. The number of rotatable bonds is 0. The molecule has 2 aliphatic rings. The smallest absolute Gasteiger partial charge is 0.410 e. The molecular weight excluding hydrogens is 278 g/mol. The minimum absolute atomic E-state index is 0.213. The molecule has 0 aliphatic carbocycles. The number of carbonyl (C=O) groups is 1. The van der Waals surface area contributed by atoms with Crippen LogP contribution in [0.5, 0.6) is 0 Å². The Balaban J connectivity index is 1.78. The van der Waals surface area contributed by atoms with Crippen LogP contribution in [-0.4, -0.2) is 41.8 Å². The van der Waals surface area contributed by atoms with Gasteiger partial charge in [-0.3, -0.25) is 0 Å². The van der Waals surface area contributed by atoms with Gasteiger partial charge in [-0.25, -0.2) is 4.79 Å². The average Bonchev–Trinajstić information content (AvgIpc) is 2.74. The standard InChI is InChI=1S/C17H25N3O2/c1-11-9-19(16(21)22-17(2,3)4)10-14-7-12-5-6-13(18)8-15(12)20(11)14/h5-6,8,11,14H,7,9-10,18H2,1-4H3/t11-,14-/m1/s1. The van der Waals surface area contributed by atoms with Crippen LogP contribution in [-0.2, 0) is 11.2 Å². The number of benzene rings is 1. The number of hydrogen-bond donors (Lipinski definition) is 1. The van der Waals surface area contributed by atoms with E-state index in [2.05, 4.69) is 24.0 Å². The summed E-state index contributed by atoms with van der Waals surface area (Å²) in [4.78, 5) is 16.6. The number of amides is 1. The summed E-state index contributed by atoms with van der Waals surface area (Å²) in [5.74, 6) is 0. The van der Waals surface area contributed by atoms with E-state index in [-0.39, 0.29) is 12.1 Å². The molecule has 5 heteroatoms. The van der Waals surface area contributed by atoms with Gasteiger partial charge in [-0.15, -0.1) is 0 Å². The number of fused-ring (bicyclic) bond motifs is 3. The Bertz CT molecular complexity index is 594. The molecule has 1 amide bonds. The summed E-state index contributed by atoms with van der Waals surface area (Å²) in [6.07, 6.45) is 0.744. The maximum atomic E-state index is 12.3. The van der Waals surface area contributed by atoms with Crippen LogP contribution in [0.1, 0.15) is 33.3 Å². The molecule has 0 radical (unpaired) electrons. The minimum Gasteiger partial charge on any atom is -0.444 e. The Kier molecular flexibility index (Phi) is 3.46. The quantitative estimate of drug-likeness (QED) is 0.749. The Morgan fingerprint density at radius 1 is 1.32 bits per heavy atom. The first-order chi connectivity index (χ1) is 10.2. The third kappa shape index (κ3) is 2.72. The predicted octanol–water partition coefficient (Wildman–Crippen LogP) is 2.64. The lowest BCUT2D eigenvalue weighted by atomic mass is 10.1. The summed E-state index contributed by atoms with van der Waals surface area (Å²) < 4.78 is 5.52. The van der Waals surface area contributed by atoms with Crippen molar-refractivity contribution in [3.63, 3.8) is 0 Å². The molecule has 1 saturated heterocycles. The number of piperazine rings is 1. The van der Waals surface area contributed by atoms with Gasteiger partial charge in [0, 0.05) is 30.5 Å². The van der Waals surface area contributed by atoms with E-state index in [9.17, 15) is 4.79 Å². The van der Waals surface area contributed by atoms with Gasteiger partial charge in [-0.05, 0) is 51.8 Å². The Morgan fingerprint density at radius 3 is 2.73 bits per heavy atom. The van der Waals surface area contributed by atoms with Gasteiger partial charge in [0.15, 0.2) is 0 Å². The number of nitrogens with zero attached hydrogens (tertiary/aromatic N) is 2. The maximum Gasteiger partial charge on any atom is 0.410 e. The van der Waals surface area contributed by atoms with Crippen molar-refractivity contribution in [2.24, 2.45) is 0 Å². The largest absolute Gasteiger partial charge is 0.444 e. The van der Waals surface area contributed by atoms with Crippen LogP contribution in [0.3, 0.4) is 0 Å². The van der Waals surface area contributed by atoms with Crippen molar-refractivity contribution < 1.29 is 9.53 Å². The molecule has 1 fully saturated rings. The molecule has 0 bridgehead atoms. The van der Waals surface area contributed by atoms with Crippen LogP contribution in [0.25, 0.3) is 0 Å². The molecule has 2 aliphatic heterocycles. The van der Waals surface area contributed by atoms with E-state index in [1.807, 2.05) is 31.7 Å². The number of ether oxygens (including phenoxy) is 1. The van der Waals surface area contributed by atoms with Gasteiger partial charge in [0.2, 0.25) is 0 Å². The number of hydrogen-bond acceptors (Lipinski definition) is 4. The van der Waals surface area contributed by atoms with Crippen molar-refractivity contribution in [2.75, 3.05) is 23.7 Å². The molecule has 3 rings (SSSR count). The minimum atomic E-state index is -0.454. The van der Waals surface area contributed by atoms with Crippen LogP contribution in [0, 0.1) is 0 Å². The summed E-state index contributed by atoms with van der Waals surface area (Å²) >= 11 is 0. The summed E-state index contributed by atoms with van der Waals surface area (Å²) in [6, 6.07) is 6.68. The third-order valence-electron chi connectivity index (χ3n) is 4.28. The van der Waals surface area contributed by atoms with Gasteiger partial charge in [0.05, 0.1) is 6.04 Å². The lowest BCUT2D eigenvalue weighted by Crippen LogP contribution is -2.58. The molecule has 22 heavy (non-hydrogen) atoms. The molecule has 1 aromatic carbocycles. The number of nitrogens with two attached hydrogens (primary N) is 1. The highest BCUT2D eigenvalue weighted by Gasteiger charge is 2.40. The molecule has 2 atom stereocenters. The topological polar surface area (TPSA) is 58.8 Å². The van der Waals surface area contributed by atoms with E-state index < -0.39 is 5.60 Å². The summed E-state index contributed by atoms with van der Waals surface area (Å²) in [7, 11) is 0. The fourth-order valence-corrected chi connectivity index (χ4v) is 3.50. The van der Waals surface area contributed by atoms with Crippen molar-refractivity contribution in [3.8, 4) is 0 Å². The molecule has 0 spiro atoms. The zero-order valence-electron chi connectivity index (χ0n) is 13.8. The van der Waals surface area contributed by atoms with Crippen molar-refractivity contribution in [2.45, 2.75) is 51.8 Å². The SMILES string of the molecule is C[C@@H]1CN(C(=O)OC(C)(C)C)C[C@H]2Cc3ccc(N)cc3N21. The molecule has 120 valence electrons. The van der Waals surface area contributed by atoms with E-state index >= 15 is 0 Å². The third-order valence-corrected chi connectivity index (χ3v) is 4.28. The summed E-state index contributed by atoms with van der Waals surface area (Å²) in [6.45, 7) is 9.24. The molecule has 5 nitrogen and oxygen atoms in total. The lowest BCUT2D eigenvalue weighted by Gasteiger charge is -2.43. The van der Waals surface area contributed by atoms with Crippen LogP contribution in [0.2, 0.25) is 0 Å². The summed E-state index contributed by atoms with van der Waals surface area (Å²) in [5.41, 5.74) is 8.81. The van der Waals surface area contributed by atoms with Gasteiger partial charge in [-0.1, -0.05) is 6.07 Å². The molecule has 2 heterocycles. The highest BCUT2D eigenvalue weighted by atomic mass is 16.6. The first-order valence-corrected chi connectivity index (χ1v) is 7.89. The summed E-state index contributed by atoms with van der Waals surface area (Å²) in [5, 5.41) is 0. The van der Waals surface area contributed by atoms with Crippen LogP contribution in [0.4, 0.5) is 16.2 Å². The number of carbonyl (C=O) groups excluding carboxylic acids is 1. The second-order valence-corrected chi connectivity index (χ2v) is 7.39. The Morgan fingerprint density at radius 2 is 2.05 bits per heavy atom. The van der Waals surface area contributed by atoms with E-state index in [4.69, 9.17) is 10.5 Å². The van der Waals surface area contributed by atoms with Gasteiger partial charge in [0.25, 0.3) is 0 Å². The highest BCUT2D eigenvalue weighted by molar-refractivity contribution is 5.71. The lowest BCUT2D eigenvalue weighted by molar-refractivity contribution is 0.0192. The first-order valence-electron chi connectivity index (χ1n) is 7.89. The molecule has 2 N–H and O–H groups in total. The van der Waals surface area contributed by atoms with Gasteiger partial charge >= 0.3 is 6.09 Å². The van der Waals surface area contributed by atoms with E-state index in [1.165, 1.54) is 11.3 Å². The van der Waals surface area contributed by atoms with Crippen LogP contribution >= 0.6 is 0 Å². The monoisotopic (exact) mass is 303 g/mol. The van der Waals surface area contributed by atoms with Crippen molar-refractivity contribution in [1.29, 1.82) is 0 Å². The van der Waals surface area contributed by atoms with Gasteiger partial charge < -0.3 is 20.3 Å². The Labute approximate surface area is 132 Å². The molecule has 0 saturated carbocycles. The van der Waals surface area contributed by atoms with Crippen molar-refractivity contribution in [3.05, 3.63) is 23.8 Å². The van der Waals surface area contributed by atoms with Gasteiger partial charge in [0.1, 0.15) is 5.60 Å². The first kappa shape index (κ1) is 15.0. The average molecular weight is 303 g/mol. The molecule has 0 aromatic heterocycles. The van der Waals surface area contributed by atoms with E-state index in [0.29, 0.717) is 19.1 Å². The van der Waals surface area contributed by atoms with Gasteiger partial charge in [-0.2, -0.15) is 0 Å². The van der Waals surface area contributed by atoms with Crippen molar-refractivity contribution in [1.82, 2.24) is 4.90 Å². The van der Waals surface area contributed by atoms with E-state index in [1.54, 1.807) is 0 Å². The molecule has 0 unspecified atom stereocenters. The zero-order valence-corrected chi connectivity index (χ0v) is 13.8. The second-order valence-electron chi connectivity index (χ2n) is 7.39. The maximum absolute atomic E-state index is 12.3. The zero-order chi connectivity index (χ0) is 16.1. The molecular formula is C17H25N3O2. The van der Waals surface area contributed by atoms with Crippen LogP contribution in [0.15, 0.2) is 18.2 Å². The highest BCUT2D eigenvalue weighted by Crippen LogP contribution is 2.37. The molecule has 1 aromatic rings. The fraction of sp³-hybridized carbons (Fsp3) is 0.588.